The van der Waals surface area contributed by atoms with Crippen molar-refractivity contribution in [1.29, 1.82) is 0 Å². The molecule has 1 aromatic rings. The Balaban J connectivity index is 2.76. The van der Waals surface area contributed by atoms with Crippen LogP contribution < -0.4 is 5.32 Å². The van der Waals surface area contributed by atoms with Crippen LogP contribution in [-0.2, 0) is 23.1 Å². The molecule has 7 nitrogen and oxygen atoms in total. The molecule has 1 N–H and O–H groups in total. The highest BCUT2D eigenvalue weighted by atomic mass is 16.5. The monoisotopic (exact) mass is 296 g/mol. The summed E-state index contributed by atoms with van der Waals surface area (Å²) in [5.41, 5.74) is 1.25. The van der Waals surface area contributed by atoms with E-state index in [1.165, 1.54) is 6.20 Å². The maximum atomic E-state index is 11.9. The SMILES string of the molecule is CCOC(=O)c1cnn(C)c1CN(C)CC(C)C(=O)NC. The van der Waals surface area contributed by atoms with Crippen LogP contribution in [-0.4, -0.2) is 53.8 Å². The second-order valence-corrected chi connectivity index (χ2v) is 5.06. The third-order valence-electron chi connectivity index (χ3n) is 3.26. The van der Waals surface area contributed by atoms with E-state index < -0.39 is 0 Å². The maximum Gasteiger partial charge on any atom is 0.341 e. The van der Waals surface area contributed by atoms with Gasteiger partial charge in [0.15, 0.2) is 0 Å². The van der Waals surface area contributed by atoms with Gasteiger partial charge in [0.25, 0.3) is 0 Å². The minimum Gasteiger partial charge on any atom is -0.462 e. The van der Waals surface area contributed by atoms with Crippen molar-refractivity contribution in [2.45, 2.75) is 20.4 Å². The fraction of sp³-hybridized carbons (Fsp3) is 0.643. The van der Waals surface area contributed by atoms with Gasteiger partial charge in [-0.2, -0.15) is 5.10 Å². The second-order valence-electron chi connectivity index (χ2n) is 5.06. The molecule has 1 amide bonds. The Morgan fingerprint density at radius 3 is 2.76 bits per heavy atom. The number of hydrogen-bond donors (Lipinski definition) is 1. The second kappa shape index (κ2) is 7.78. The lowest BCUT2D eigenvalue weighted by Gasteiger charge is -2.21. The van der Waals surface area contributed by atoms with Crippen LogP contribution >= 0.6 is 0 Å². The van der Waals surface area contributed by atoms with Crippen LogP contribution in [0.15, 0.2) is 6.20 Å². The first-order valence-electron chi connectivity index (χ1n) is 6.98. The van der Waals surface area contributed by atoms with Gasteiger partial charge in [-0.05, 0) is 14.0 Å². The Morgan fingerprint density at radius 2 is 2.19 bits per heavy atom. The number of carbonyl (C=O) groups is 2. The molecule has 0 saturated carbocycles. The topological polar surface area (TPSA) is 76.5 Å². The zero-order valence-corrected chi connectivity index (χ0v) is 13.3. The van der Waals surface area contributed by atoms with Crippen molar-refractivity contribution in [1.82, 2.24) is 20.0 Å². The van der Waals surface area contributed by atoms with Gasteiger partial charge in [0.05, 0.1) is 18.5 Å². The van der Waals surface area contributed by atoms with Gasteiger partial charge < -0.3 is 10.1 Å². The Bertz CT molecular complexity index is 498. The molecule has 0 spiro atoms. The Hall–Kier alpha value is -1.89. The van der Waals surface area contributed by atoms with Crippen molar-refractivity contribution in [2.75, 3.05) is 27.2 Å². The molecule has 1 heterocycles. The molecule has 1 atom stereocenters. The van der Waals surface area contributed by atoms with Crippen LogP contribution in [0.1, 0.15) is 29.9 Å². The Labute approximate surface area is 125 Å². The summed E-state index contributed by atoms with van der Waals surface area (Å²) in [6, 6.07) is 0. The van der Waals surface area contributed by atoms with Crippen LogP contribution in [0.4, 0.5) is 0 Å². The fourth-order valence-electron chi connectivity index (χ4n) is 2.15. The first-order chi connectivity index (χ1) is 9.90. The number of nitrogens with one attached hydrogen (secondary N) is 1. The van der Waals surface area contributed by atoms with Gasteiger partial charge in [0.2, 0.25) is 5.91 Å². The highest BCUT2D eigenvalue weighted by Gasteiger charge is 2.20. The summed E-state index contributed by atoms with van der Waals surface area (Å²) in [4.78, 5) is 25.4. The van der Waals surface area contributed by atoms with E-state index in [2.05, 4.69) is 10.4 Å². The molecule has 0 bridgehead atoms. The summed E-state index contributed by atoms with van der Waals surface area (Å²) < 4.78 is 6.69. The van der Waals surface area contributed by atoms with E-state index in [-0.39, 0.29) is 17.8 Å². The summed E-state index contributed by atoms with van der Waals surface area (Å²) in [5, 5.41) is 6.74. The normalized spacial score (nSPS) is 12.3. The third kappa shape index (κ3) is 4.56. The summed E-state index contributed by atoms with van der Waals surface area (Å²) >= 11 is 0. The van der Waals surface area contributed by atoms with Crippen molar-refractivity contribution in [3.05, 3.63) is 17.5 Å². The van der Waals surface area contributed by atoms with Gasteiger partial charge in [-0.1, -0.05) is 6.92 Å². The van der Waals surface area contributed by atoms with Gasteiger partial charge in [-0.25, -0.2) is 4.79 Å². The van der Waals surface area contributed by atoms with Crippen molar-refractivity contribution < 1.29 is 14.3 Å². The molecule has 1 rings (SSSR count). The summed E-state index contributed by atoms with van der Waals surface area (Å²) in [7, 11) is 5.31. The van der Waals surface area contributed by atoms with Crippen molar-refractivity contribution >= 4 is 11.9 Å². The molecule has 0 aliphatic rings. The van der Waals surface area contributed by atoms with E-state index in [1.54, 1.807) is 25.7 Å². The highest BCUT2D eigenvalue weighted by molar-refractivity contribution is 5.90. The average Bonchev–Trinajstić information content (AvgIpc) is 2.79. The number of aryl methyl sites for hydroxylation is 1. The zero-order valence-electron chi connectivity index (χ0n) is 13.3. The van der Waals surface area contributed by atoms with Crippen molar-refractivity contribution in [3.8, 4) is 0 Å². The smallest absolute Gasteiger partial charge is 0.341 e. The third-order valence-corrected chi connectivity index (χ3v) is 3.26. The van der Waals surface area contributed by atoms with Gasteiger partial charge in [0.1, 0.15) is 5.56 Å². The van der Waals surface area contributed by atoms with Crippen molar-refractivity contribution in [2.24, 2.45) is 13.0 Å². The van der Waals surface area contributed by atoms with Gasteiger partial charge >= 0.3 is 5.97 Å². The lowest BCUT2D eigenvalue weighted by molar-refractivity contribution is -0.124. The van der Waals surface area contributed by atoms with E-state index >= 15 is 0 Å². The number of hydrogen-bond acceptors (Lipinski definition) is 5. The molecule has 21 heavy (non-hydrogen) atoms. The molecule has 0 aliphatic heterocycles. The van der Waals surface area contributed by atoms with Gasteiger partial charge in [-0.3, -0.25) is 14.4 Å². The predicted octanol–water partition coefficient (Wildman–Crippen LogP) is 0.411. The largest absolute Gasteiger partial charge is 0.462 e. The number of aromatic nitrogens is 2. The number of rotatable bonds is 7. The van der Waals surface area contributed by atoms with Crippen LogP contribution in [0.2, 0.25) is 0 Å². The molecule has 0 saturated heterocycles. The summed E-state index contributed by atoms with van der Waals surface area (Å²) in [6.07, 6.45) is 1.52. The fourth-order valence-corrected chi connectivity index (χ4v) is 2.15. The van der Waals surface area contributed by atoms with E-state index in [0.29, 0.717) is 25.3 Å². The molecule has 0 aromatic carbocycles. The molecule has 7 heteroatoms. The van der Waals surface area contributed by atoms with Gasteiger partial charge in [-0.15, -0.1) is 0 Å². The van der Waals surface area contributed by atoms with E-state index in [9.17, 15) is 9.59 Å². The molecule has 0 fully saturated rings. The maximum absolute atomic E-state index is 11.9. The average molecular weight is 296 g/mol. The van der Waals surface area contributed by atoms with E-state index in [0.717, 1.165) is 5.69 Å². The molecule has 118 valence electrons. The van der Waals surface area contributed by atoms with E-state index in [1.807, 2.05) is 18.9 Å². The zero-order chi connectivity index (χ0) is 16.0. The van der Waals surface area contributed by atoms with E-state index in [4.69, 9.17) is 4.74 Å². The number of carbonyl (C=O) groups excluding carboxylic acids is 2. The first-order valence-corrected chi connectivity index (χ1v) is 6.98. The molecule has 0 aliphatic carbocycles. The number of ether oxygens (including phenoxy) is 1. The lowest BCUT2D eigenvalue weighted by atomic mass is 10.1. The molecular formula is C14H24N4O3. The molecule has 1 aromatic heterocycles. The quantitative estimate of drug-likeness (QED) is 0.738. The Kier molecular flexibility index (Phi) is 6.36. The van der Waals surface area contributed by atoms with Crippen molar-refractivity contribution in [3.63, 3.8) is 0 Å². The number of amides is 1. The molecule has 1 unspecified atom stereocenters. The van der Waals surface area contributed by atoms with Crippen LogP contribution in [0.5, 0.6) is 0 Å². The molecule has 0 radical (unpaired) electrons. The number of nitrogens with zero attached hydrogens (tertiary/aromatic N) is 3. The van der Waals surface area contributed by atoms with Crippen LogP contribution in [0, 0.1) is 5.92 Å². The minimum absolute atomic E-state index is 0.00234. The predicted molar refractivity (Wildman–Crippen MR) is 78.7 cm³/mol. The summed E-state index contributed by atoms with van der Waals surface area (Å²) in [6.45, 7) is 5.08. The first kappa shape index (κ1) is 17.2. The van der Waals surface area contributed by atoms with Crippen LogP contribution in [0.25, 0.3) is 0 Å². The number of esters is 1. The standard InChI is InChI=1S/C14H24N4O3/c1-6-21-14(20)11-7-16-18(5)12(11)9-17(4)8-10(2)13(19)15-3/h7,10H,6,8-9H2,1-5H3,(H,15,19). The van der Waals surface area contributed by atoms with Crippen LogP contribution in [0.3, 0.4) is 0 Å². The minimum atomic E-state index is -0.367. The van der Waals surface area contributed by atoms with Gasteiger partial charge in [0, 0.05) is 33.1 Å². The summed E-state index contributed by atoms with van der Waals surface area (Å²) in [5.74, 6) is -0.495. The Morgan fingerprint density at radius 1 is 1.52 bits per heavy atom. The molecular weight excluding hydrogens is 272 g/mol. The lowest BCUT2D eigenvalue weighted by Crippen LogP contribution is -2.34. The highest BCUT2D eigenvalue weighted by Crippen LogP contribution is 2.12.